The molecule has 11 nitrogen and oxygen atoms in total. The number of carbonyl (C=O) groups is 3. The van der Waals surface area contributed by atoms with E-state index in [1.54, 1.807) is 37.8 Å². The lowest BCUT2D eigenvalue weighted by molar-refractivity contribution is -0.135. The highest BCUT2D eigenvalue weighted by molar-refractivity contribution is 5.86. The van der Waals surface area contributed by atoms with Gasteiger partial charge in [0.1, 0.15) is 41.4 Å². The van der Waals surface area contributed by atoms with E-state index >= 15 is 0 Å². The molecule has 12 heteroatoms. The third-order valence-corrected chi connectivity index (χ3v) is 8.11. The van der Waals surface area contributed by atoms with Crippen molar-refractivity contribution in [2.24, 2.45) is 0 Å². The number of ether oxygens (including phenoxy) is 2. The second-order valence-electron chi connectivity index (χ2n) is 13.3. The minimum atomic E-state index is -0.858. The standard InChI is InChI=1S/C38H45FN6O5/c1-26-13-19-30(20-14-26)41-34-33(28-15-17-29(39)18-16-28)43-32-24-44(22-23-45(32)34)35(46)31(12-8-9-21-40-36(47)50-38(2,3)4)42-37(48)49-25-27-10-6-5-7-11-27/h5-7,10-11,13-20,31,41H,8-9,12,21-25H2,1-4H3,(H,40,47)(H,42,48). The Morgan fingerprint density at radius 2 is 1.64 bits per heavy atom. The van der Waals surface area contributed by atoms with Crippen LogP contribution in [0.5, 0.6) is 0 Å². The van der Waals surface area contributed by atoms with Crippen molar-refractivity contribution in [1.82, 2.24) is 25.1 Å². The summed E-state index contributed by atoms with van der Waals surface area (Å²) in [5.41, 5.74) is 3.61. The molecular formula is C38H45FN6O5. The van der Waals surface area contributed by atoms with Gasteiger partial charge in [-0.05, 0) is 88.9 Å². The molecule has 0 saturated heterocycles. The molecule has 1 unspecified atom stereocenters. The number of carbonyl (C=O) groups excluding carboxylic acids is 3. The molecule has 0 radical (unpaired) electrons. The minimum Gasteiger partial charge on any atom is -0.445 e. The number of hydrogen-bond donors (Lipinski definition) is 3. The van der Waals surface area contributed by atoms with E-state index in [0.29, 0.717) is 50.4 Å². The lowest BCUT2D eigenvalue weighted by atomic mass is 10.1. The summed E-state index contributed by atoms with van der Waals surface area (Å²) < 4.78 is 26.6. The van der Waals surface area contributed by atoms with Gasteiger partial charge < -0.3 is 34.9 Å². The van der Waals surface area contributed by atoms with E-state index in [9.17, 15) is 18.8 Å². The molecule has 1 aromatic heterocycles. The SMILES string of the molecule is Cc1ccc(Nc2c(-c3ccc(F)cc3)nc3n2CCN(C(=O)C(CCCCNC(=O)OC(C)(C)C)NC(=O)OCc2ccccc2)C3)cc1. The number of hydrogen-bond acceptors (Lipinski definition) is 7. The number of aryl methyl sites for hydroxylation is 1. The van der Waals surface area contributed by atoms with Crippen LogP contribution in [-0.2, 0) is 34.0 Å². The van der Waals surface area contributed by atoms with Crippen LogP contribution in [-0.4, -0.2) is 57.3 Å². The highest BCUT2D eigenvalue weighted by Crippen LogP contribution is 2.33. The van der Waals surface area contributed by atoms with Crippen LogP contribution in [0.15, 0.2) is 78.9 Å². The van der Waals surface area contributed by atoms with Crippen LogP contribution in [0.2, 0.25) is 0 Å². The molecule has 4 aromatic rings. The number of amides is 3. The van der Waals surface area contributed by atoms with Gasteiger partial charge in [0.25, 0.3) is 0 Å². The van der Waals surface area contributed by atoms with Gasteiger partial charge in [-0.2, -0.15) is 0 Å². The molecule has 3 N–H and O–H groups in total. The molecule has 1 atom stereocenters. The quantitative estimate of drug-likeness (QED) is 0.136. The maximum Gasteiger partial charge on any atom is 0.408 e. The Morgan fingerprint density at radius 3 is 2.34 bits per heavy atom. The fraction of sp³-hybridized carbons (Fsp3) is 0.368. The molecule has 0 bridgehead atoms. The Balaban J connectivity index is 1.30. The predicted octanol–water partition coefficient (Wildman–Crippen LogP) is 7.07. The van der Waals surface area contributed by atoms with Crippen LogP contribution in [0.25, 0.3) is 11.3 Å². The number of benzene rings is 3. The van der Waals surface area contributed by atoms with Crippen molar-refractivity contribution in [2.45, 2.75) is 78.3 Å². The summed E-state index contributed by atoms with van der Waals surface area (Å²) in [6.45, 7) is 8.87. The average Bonchev–Trinajstić information content (AvgIpc) is 3.44. The number of imidazole rings is 1. The second-order valence-corrected chi connectivity index (χ2v) is 13.3. The van der Waals surface area contributed by atoms with Crippen molar-refractivity contribution in [3.05, 3.63) is 102 Å². The number of nitrogens with zero attached hydrogens (tertiary/aromatic N) is 3. The van der Waals surface area contributed by atoms with Gasteiger partial charge in [0.15, 0.2) is 0 Å². The smallest absolute Gasteiger partial charge is 0.408 e. The molecule has 3 amide bonds. The van der Waals surface area contributed by atoms with E-state index in [0.717, 1.165) is 28.2 Å². The van der Waals surface area contributed by atoms with Crippen molar-refractivity contribution in [3.63, 3.8) is 0 Å². The molecule has 5 rings (SSSR count). The summed E-state index contributed by atoms with van der Waals surface area (Å²) >= 11 is 0. The number of nitrogens with one attached hydrogen (secondary N) is 3. The summed E-state index contributed by atoms with van der Waals surface area (Å²) in [7, 11) is 0. The van der Waals surface area contributed by atoms with E-state index in [1.807, 2.05) is 66.1 Å². The highest BCUT2D eigenvalue weighted by atomic mass is 19.1. The summed E-state index contributed by atoms with van der Waals surface area (Å²) in [4.78, 5) is 45.6. The monoisotopic (exact) mass is 684 g/mol. The molecule has 0 spiro atoms. The molecule has 50 heavy (non-hydrogen) atoms. The molecular weight excluding hydrogens is 639 g/mol. The first kappa shape index (κ1) is 35.9. The number of aromatic nitrogens is 2. The number of rotatable bonds is 12. The molecule has 1 aliphatic heterocycles. The molecule has 0 aliphatic carbocycles. The summed E-state index contributed by atoms with van der Waals surface area (Å²) in [6.07, 6.45) is 0.255. The number of anilines is 2. The van der Waals surface area contributed by atoms with E-state index in [-0.39, 0.29) is 24.9 Å². The fourth-order valence-corrected chi connectivity index (χ4v) is 5.59. The van der Waals surface area contributed by atoms with Crippen molar-refractivity contribution in [2.75, 3.05) is 18.4 Å². The van der Waals surface area contributed by atoms with E-state index in [1.165, 1.54) is 12.1 Å². The summed E-state index contributed by atoms with van der Waals surface area (Å²) in [5.74, 6) is 0.807. The number of halogens is 1. The zero-order valence-corrected chi connectivity index (χ0v) is 29.0. The summed E-state index contributed by atoms with van der Waals surface area (Å²) in [5, 5.41) is 9.01. The molecule has 0 fully saturated rings. The maximum absolute atomic E-state index is 14.0. The van der Waals surface area contributed by atoms with Gasteiger partial charge in [-0.25, -0.2) is 19.0 Å². The Hall–Kier alpha value is -5.39. The second kappa shape index (κ2) is 16.3. The van der Waals surface area contributed by atoms with Gasteiger partial charge in [-0.3, -0.25) is 4.79 Å². The first-order valence-electron chi connectivity index (χ1n) is 16.9. The average molecular weight is 685 g/mol. The zero-order valence-electron chi connectivity index (χ0n) is 29.0. The Bertz CT molecular complexity index is 1750. The number of unbranched alkanes of at least 4 members (excludes halogenated alkanes) is 1. The number of alkyl carbamates (subject to hydrolysis) is 2. The van der Waals surface area contributed by atoms with Crippen molar-refractivity contribution in [1.29, 1.82) is 0 Å². The van der Waals surface area contributed by atoms with E-state index in [2.05, 4.69) is 16.0 Å². The van der Waals surface area contributed by atoms with E-state index in [4.69, 9.17) is 14.5 Å². The van der Waals surface area contributed by atoms with Gasteiger partial charge in [-0.1, -0.05) is 48.0 Å². The summed E-state index contributed by atoms with van der Waals surface area (Å²) in [6, 6.07) is 22.6. The predicted molar refractivity (Wildman–Crippen MR) is 189 cm³/mol. The largest absolute Gasteiger partial charge is 0.445 e. The van der Waals surface area contributed by atoms with Crippen LogP contribution in [0.1, 0.15) is 57.0 Å². The molecule has 3 aromatic carbocycles. The zero-order chi connectivity index (χ0) is 35.7. The third kappa shape index (κ3) is 10.1. The number of fused-ring (bicyclic) bond motifs is 1. The minimum absolute atomic E-state index is 0.0669. The van der Waals surface area contributed by atoms with Crippen LogP contribution in [0, 0.1) is 12.7 Å². The van der Waals surface area contributed by atoms with Gasteiger partial charge >= 0.3 is 12.2 Å². The normalized spacial score (nSPS) is 13.2. The van der Waals surface area contributed by atoms with E-state index < -0.39 is 23.8 Å². The van der Waals surface area contributed by atoms with Crippen LogP contribution >= 0.6 is 0 Å². The van der Waals surface area contributed by atoms with Crippen LogP contribution in [0.4, 0.5) is 25.5 Å². The van der Waals surface area contributed by atoms with Crippen molar-refractivity contribution < 1.29 is 28.2 Å². The lowest BCUT2D eigenvalue weighted by Gasteiger charge is -2.31. The Labute approximate surface area is 292 Å². The highest BCUT2D eigenvalue weighted by Gasteiger charge is 2.32. The fourth-order valence-electron chi connectivity index (χ4n) is 5.59. The van der Waals surface area contributed by atoms with Gasteiger partial charge in [0.05, 0.1) is 6.54 Å². The molecule has 264 valence electrons. The van der Waals surface area contributed by atoms with Gasteiger partial charge in [-0.15, -0.1) is 0 Å². The third-order valence-electron chi connectivity index (χ3n) is 8.11. The Kier molecular flexibility index (Phi) is 11.7. The van der Waals surface area contributed by atoms with Crippen molar-refractivity contribution >= 4 is 29.6 Å². The molecule has 1 aliphatic rings. The molecule has 2 heterocycles. The van der Waals surface area contributed by atoms with Crippen molar-refractivity contribution in [3.8, 4) is 11.3 Å². The Morgan fingerprint density at radius 1 is 0.920 bits per heavy atom. The lowest BCUT2D eigenvalue weighted by Crippen LogP contribution is -2.50. The first-order chi connectivity index (χ1) is 23.9. The van der Waals surface area contributed by atoms with Gasteiger partial charge in [0.2, 0.25) is 5.91 Å². The molecule has 0 saturated carbocycles. The first-order valence-corrected chi connectivity index (χ1v) is 16.9. The van der Waals surface area contributed by atoms with Gasteiger partial charge in [0, 0.05) is 30.9 Å². The van der Waals surface area contributed by atoms with Crippen LogP contribution < -0.4 is 16.0 Å². The topological polar surface area (TPSA) is 127 Å². The maximum atomic E-state index is 14.0. The van der Waals surface area contributed by atoms with Crippen LogP contribution in [0.3, 0.4) is 0 Å².